The Bertz CT molecular complexity index is 347. The van der Waals surface area contributed by atoms with E-state index < -0.39 is 0 Å². The number of nitrogens with two attached hydrogens (primary N) is 1. The van der Waals surface area contributed by atoms with Crippen molar-refractivity contribution >= 4 is 22.0 Å². The first-order chi connectivity index (χ1) is 6.70. The summed E-state index contributed by atoms with van der Waals surface area (Å²) in [4.78, 5) is 0. The maximum Gasteiger partial charge on any atom is 0.136 e. The Morgan fingerprint density at radius 2 is 2.21 bits per heavy atom. The van der Waals surface area contributed by atoms with Crippen LogP contribution in [-0.2, 0) is 0 Å². The zero-order valence-corrected chi connectivity index (χ0v) is 9.97. The summed E-state index contributed by atoms with van der Waals surface area (Å²) >= 11 is 3.51. The molecule has 0 saturated carbocycles. The van der Waals surface area contributed by atoms with E-state index in [4.69, 9.17) is 10.5 Å². The molecule has 1 aromatic carbocycles. The Morgan fingerprint density at radius 3 is 2.79 bits per heavy atom. The Kier molecular flexibility index (Phi) is 4.17. The molecule has 3 heteroatoms. The zero-order chi connectivity index (χ0) is 10.6. The van der Waals surface area contributed by atoms with Crippen LogP contribution in [0.5, 0.6) is 5.75 Å². The van der Waals surface area contributed by atoms with E-state index in [2.05, 4.69) is 15.9 Å². The molecule has 0 unspecified atom stereocenters. The van der Waals surface area contributed by atoms with Crippen LogP contribution in [0.3, 0.4) is 0 Å². The zero-order valence-electron chi connectivity index (χ0n) is 8.38. The maximum absolute atomic E-state index is 5.39. The molecule has 1 aromatic rings. The van der Waals surface area contributed by atoms with Gasteiger partial charge in [0.15, 0.2) is 0 Å². The number of aryl methyl sites for hydroxylation is 1. The van der Waals surface area contributed by atoms with Gasteiger partial charge in [0.1, 0.15) is 5.75 Å². The highest BCUT2D eigenvalue weighted by Crippen LogP contribution is 2.32. The van der Waals surface area contributed by atoms with E-state index in [1.54, 1.807) is 7.11 Å². The molecule has 0 bridgehead atoms. The van der Waals surface area contributed by atoms with Crippen LogP contribution in [0.4, 0.5) is 0 Å². The van der Waals surface area contributed by atoms with E-state index in [1.165, 1.54) is 0 Å². The SMILES string of the molecule is COc1c(C)ccc(/C=C/CN)c1Br. The van der Waals surface area contributed by atoms with Crippen LogP contribution in [0.15, 0.2) is 22.7 Å². The monoisotopic (exact) mass is 255 g/mol. The van der Waals surface area contributed by atoms with Gasteiger partial charge in [0.25, 0.3) is 0 Å². The van der Waals surface area contributed by atoms with Crippen LogP contribution < -0.4 is 10.5 Å². The average Bonchev–Trinajstić information content (AvgIpc) is 2.18. The van der Waals surface area contributed by atoms with E-state index in [9.17, 15) is 0 Å². The Balaban J connectivity index is 3.14. The number of hydrogen-bond donors (Lipinski definition) is 1. The molecule has 2 N–H and O–H groups in total. The molecule has 0 amide bonds. The van der Waals surface area contributed by atoms with E-state index in [0.29, 0.717) is 6.54 Å². The molecule has 0 aliphatic carbocycles. The minimum absolute atomic E-state index is 0.544. The topological polar surface area (TPSA) is 35.2 Å². The second kappa shape index (κ2) is 5.17. The van der Waals surface area contributed by atoms with Crippen molar-refractivity contribution in [3.8, 4) is 5.75 Å². The van der Waals surface area contributed by atoms with Crippen LogP contribution in [0.2, 0.25) is 0 Å². The van der Waals surface area contributed by atoms with E-state index in [-0.39, 0.29) is 0 Å². The molecule has 14 heavy (non-hydrogen) atoms. The first-order valence-electron chi connectivity index (χ1n) is 4.40. The summed E-state index contributed by atoms with van der Waals surface area (Å²) < 4.78 is 6.26. The third-order valence-electron chi connectivity index (χ3n) is 1.96. The summed E-state index contributed by atoms with van der Waals surface area (Å²) in [6, 6.07) is 4.06. The third kappa shape index (κ3) is 2.36. The summed E-state index contributed by atoms with van der Waals surface area (Å²) in [5, 5.41) is 0. The lowest BCUT2D eigenvalue weighted by atomic mass is 10.1. The van der Waals surface area contributed by atoms with Crippen LogP contribution in [0.25, 0.3) is 6.08 Å². The quantitative estimate of drug-likeness (QED) is 0.902. The van der Waals surface area contributed by atoms with E-state index in [0.717, 1.165) is 21.3 Å². The predicted molar refractivity (Wildman–Crippen MR) is 63.5 cm³/mol. The number of benzene rings is 1. The molecule has 0 aliphatic rings. The van der Waals surface area contributed by atoms with Crippen LogP contribution in [0.1, 0.15) is 11.1 Å². The molecule has 0 spiro atoms. The first-order valence-corrected chi connectivity index (χ1v) is 5.19. The van der Waals surface area contributed by atoms with Crippen molar-refractivity contribution < 1.29 is 4.74 Å². The minimum Gasteiger partial charge on any atom is -0.495 e. The number of methoxy groups -OCH3 is 1. The normalized spacial score (nSPS) is 10.9. The molecule has 0 saturated heterocycles. The number of rotatable bonds is 3. The molecule has 0 aromatic heterocycles. The summed E-state index contributed by atoms with van der Waals surface area (Å²) in [5.74, 6) is 0.879. The van der Waals surface area contributed by atoms with Crippen molar-refractivity contribution in [1.82, 2.24) is 0 Å². The Hall–Kier alpha value is -0.800. The van der Waals surface area contributed by atoms with Gasteiger partial charge in [0.05, 0.1) is 11.6 Å². The summed E-state index contributed by atoms with van der Waals surface area (Å²) in [5.41, 5.74) is 7.59. The van der Waals surface area contributed by atoms with Gasteiger partial charge in [-0.1, -0.05) is 24.3 Å². The molecule has 0 radical (unpaired) electrons. The van der Waals surface area contributed by atoms with Gasteiger partial charge in [0, 0.05) is 6.54 Å². The van der Waals surface area contributed by atoms with E-state index >= 15 is 0 Å². The Labute approximate surface area is 92.9 Å². The summed E-state index contributed by atoms with van der Waals surface area (Å²) in [6.07, 6.45) is 3.89. The second-order valence-corrected chi connectivity index (χ2v) is 3.75. The van der Waals surface area contributed by atoms with Crippen molar-refractivity contribution in [2.45, 2.75) is 6.92 Å². The number of ether oxygens (including phenoxy) is 1. The molecule has 0 fully saturated rings. The third-order valence-corrected chi connectivity index (χ3v) is 2.78. The van der Waals surface area contributed by atoms with Crippen molar-refractivity contribution in [3.63, 3.8) is 0 Å². The highest BCUT2D eigenvalue weighted by Gasteiger charge is 2.06. The first kappa shape index (κ1) is 11.3. The highest BCUT2D eigenvalue weighted by molar-refractivity contribution is 9.10. The smallest absolute Gasteiger partial charge is 0.136 e. The van der Waals surface area contributed by atoms with Gasteiger partial charge >= 0.3 is 0 Å². The van der Waals surface area contributed by atoms with Crippen molar-refractivity contribution in [3.05, 3.63) is 33.8 Å². The molecule has 0 heterocycles. The summed E-state index contributed by atoms with van der Waals surface area (Å²) in [7, 11) is 1.67. The fourth-order valence-corrected chi connectivity index (χ4v) is 1.98. The van der Waals surface area contributed by atoms with Crippen LogP contribution in [-0.4, -0.2) is 13.7 Å². The maximum atomic E-state index is 5.39. The largest absolute Gasteiger partial charge is 0.495 e. The fraction of sp³-hybridized carbons (Fsp3) is 0.273. The van der Waals surface area contributed by atoms with Crippen molar-refractivity contribution in [2.24, 2.45) is 5.73 Å². The fourth-order valence-electron chi connectivity index (χ4n) is 1.24. The molecule has 2 nitrogen and oxygen atoms in total. The molecular formula is C11H14BrNO. The standard InChI is InChI=1S/C11H14BrNO/c1-8-5-6-9(4-3-7-13)10(12)11(8)14-2/h3-6H,7,13H2,1-2H3/b4-3+. The van der Waals surface area contributed by atoms with Gasteiger partial charge in [-0.2, -0.15) is 0 Å². The van der Waals surface area contributed by atoms with Gasteiger partial charge in [0.2, 0.25) is 0 Å². The van der Waals surface area contributed by atoms with Gasteiger partial charge < -0.3 is 10.5 Å². The predicted octanol–water partition coefficient (Wildman–Crippen LogP) is 2.74. The van der Waals surface area contributed by atoms with Gasteiger partial charge in [-0.05, 0) is 34.0 Å². The summed E-state index contributed by atoms with van der Waals surface area (Å²) in [6.45, 7) is 2.56. The van der Waals surface area contributed by atoms with E-state index in [1.807, 2.05) is 31.2 Å². The van der Waals surface area contributed by atoms with Gasteiger partial charge in [-0.15, -0.1) is 0 Å². The minimum atomic E-state index is 0.544. The molecule has 76 valence electrons. The Morgan fingerprint density at radius 1 is 1.50 bits per heavy atom. The molecule has 0 aliphatic heterocycles. The lowest BCUT2D eigenvalue weighted by Crippen LogP contribution is -1.93. The molecular weight excluding hydrogens is 242 g/mol. The second-order valence-electron chi connectivity index (χ2n) is 2.96. The highest BCUT2D eigenvalue weighted by atomic mass is 79.9. The lowest BCUT2D eigenvalue weighted by molar-refractivity contribution is 0.409. The number of hydrogen-bond acceptors (Lipinski definition) is 2. The average molecular weight is 256 g/mol. The van der Waals surface area contributed by atoms with Crippen LogP contribution >= 0.6 is 15.9 Å². The van der Waals surface area contributed by atoms with Crippen LogP contribution in [0, 0.1) is 6.92 Å². The van der Waals surface area contributed by atoms with Gasteiger partial charge in [-0.3, -0.25) is 0 Å². The van der Waals surface area contributed by atoms with Crippen molar-refractivity contribution in [1.29, 1.82) is 0 Å². The lowest BCUT2D eigenvalue weighted by Gasteiger charge is -2.09. The van der Waals surface area contributed by atoms with Crippen molar-refractivity contribution in [2.75, 3.05) is 13.7 Å². The molecule has 1 rings (SSSR count). The number of halogens is 1. The molecule has 0 atom stereocenters. The van der Waals surface area contributed by atoms with Gasteiger partial charge in [-0.25, -0.2) is 0 Å².